The molecule has 1 saturated heterocycles. The quantitative estimate of drug-likeness (QED) is 0.244. The number of hydrazine groups is 1. The minimum Gasteiger partial charge on any atom is -0.338 e. The third-order valence-electron chi connectivity index (χ3n) is 5.49. The minimum atomic E-state index is -1.10. The standard InChI is InChI=1S/C21H27N5O5/c1-2-3-4-5-10-23-21(31)24-12-13-6-7-14-15(11-13)19(29)25(18(14)28)16-8-9-17(27)26(22)20(16)30/h6-7,11,16H,2-5,8-10,12,22H2,1H3,(H2,23,24,31). The summed E-state index contributed by atoms with van der Waals surface area (Å²) in [5.74, 6) is 2.94. The molecule has 1 unspecified atom stereocenters. The van der Waals surface area contributed by atoms with Crippen LogP contribution in [-0.4, -0.2) is 52.2 Å². The van der Waals surface area contributed by atoms with Gasteiger partial charge in [0.25, 0.3) is 17.7 Å². The van der Waals surface area contributed by atoms with Crippen LogP contribution in [0, 0.1) is 0 Å². The molecule has 0 aliphatic carbocycles. The number of nitrogens with zero attached hydrogens (tertiary/aromatic N) is 2. The lowest BCUT2D eigenvalue weighted by atomic mass is 10.0. The molecule has 0 bridgehead atoms. The number of nitrogens with two attached hydrogens (primary N) is 1. The summed E-state index contributed by atoms with van der Waals surface area (Å²) in [7, 11) is 0. The minimum absolute atomic E-state index is 0.0248. The first-order chi connectivity index (χ1) is 14.8. The molecule has 0 aromatic heterocycles. The number of urea groups is 1. The van der Waals surface area contributed by atoms with Gasteiger partial charge in [0, 0.05) is 19.5 Å². The summed E-state index contributed by atoms with van der Waals surface area (Å²) < 4.78 is 0. The van der Waals surface area contributed by atoms with Crippen LogP contribution >= 0.6 is 0 Å². The van der Waals surface area contributed by atoms with E-state index in [1.165, 1.54) is 12.1 Å². The fraction of sp³-hybridized carbons (Fsp3) is 0.476. The molecule has 10 heteroatoms. The number of rotatable bonds is 8. The zero-order chi connectivity index (χ0) is 22.5. The van der Waals surface area contributed by atoms with Crippen LogP contribution in [-0.2, 0) is 16.1 Å². The number of fused-ring (bicyclic) bond motifs is 1. The summed E-state index contributed by atoms with van der Waals surface area (Å²) in [5.41, 5.74) is 0.994. The topological polar surface area (TPSA) is 142 Å². The first-order valence-corrected chi connectivity index (χ1v) is 10.5. The van der Waals surface area contributed by atoms with E-state index in [0.717, 1.165) is 30.6 Å². The second-order valence-electron chi connectivity index (χ2n) is 7.69. The van der Waals surface area contributed by atoms with Crippen molar-refractivity contribution in [2.75, 3.05) is 6.54 Å². The molecule has 0 radical (unpaired) electrons. The van der Waals surface area contributed by atoms with E-state index in [1.54, 1.807) is 6.07 Å². The molecule has 10 nitrogen and oxygen atoms in total. The smallest absolute Gasteiger partial charge is 0.315 e. The zero-order valence-electron chi connectivity index (χ0n) is 17.5. The predicted octanol–water partition coefficient (Wildman–Crippen LogP) is 1.05. The highest BCUT2D eigenvalue weighted by Gasteiger charge is 2.46. The van der Waals surface area contributed by atoms with Gasteiger partial charge in [-0.25, -0.2) is 15.6 Å². The molecule has 2 aliphatic heterocycles. The second kappa shape index (κ2) is 9.69. The lowest BCUT2D eigenvalue weighted by Gasteiger charge is -2.31. The maximum Gasteiger partial charge on any atom is 0.315 e. The Balaban J connectivity index is 1.61. The van der Waals surface area contributed by atoms with Crippen molar-refractivity contribution < 1.29 is 24.0 Å². The van der Waals surface area contributed by atoms with Gasteiger partial charge in [0.1, 0.15) is 6.04 Å². The lowest BCUT2D eigenvalue weighted by molar-refractivity contribution is -0.151. The average molecular weight is 429 g/mol. The van der Waals surface area contributed by atoms with Gasteiger partial charge in [0.2, 0.25) is 5.91 Å². The predicted molar refractivity (Wildman–Crippen MR) is 110 cm³/mol. The molecular weight excluding hydrogens is 402 g/mol. The summed E-state index contributed by atoms with van der Waals surface area (Å²) >= 11 is 0. The van der Waals surface area contributed by atoms with Crippen molar-refractivity contribution in [3.05, 3.63) is 34.9 Å². The molecule has 0 saturated carbocycles. The van der Waals surface area contributed by atoms with Crippen molar-refractivity contribution in [3.63, 3.8) is 0 Å². The van der Waals surface area contributed by atoms with Gasteiger partial charge in [0.05, 0.1) is 11.1 Å². The van der Waals surface area contributed by atoms with Gasteiger partial charge in [-0.05, 0) is 30.5 Å². The summed E-state index contributed by atoms with van der Waals surface area (Å²) in [6, 6.07) is 3.29. The Labute approximate surface area is 180 Å². The molecule has 2 aliphatic rings. The van der Waals surface area contributed by atoms with E-state index >= 15 is 0 Å². The van der Waals surface area contributed by atoms with E-state index in [2.05, 4.69) is 17.6 Å². The number of unbranched alkanes of at least 4 members (excludes halogenated alkanes) is 3. The highest BCUT2D eigenvalue weighted by atomic mass is 16.2. The molecular formula is C21H27N5O5. The number of carbonyl (C=O) groups excluding carboxylic acids is 5. The fourth-order valence-corrected chi connectivity index (χ4v) is 3.73. The molecule has 1 aromatic carbocycles. The van der Waals surface area contributed by atoms with Gasteiger partial charge in [-0.3, -0.25) is 24.1 Å². The number of imide groups is 2. The molecule has 1 fully saturated rings. The highest BCUT2D eigenvalue weighted by Crippen LogP contribution is 2.29. The summed E-state index contributed by atoms with van der Waals surface area (Å²) in [6.45, 7) is 2.89. The van der Waals surface area contributed by atoms with E-state index in [9.17, 15) is 24.0 Å². The van der Waals surface area contributed by atoms with Crippen molar-refractivity contribution in [3.8, 4) is 0 Å². The van der Waals surface area contributed by atoms with Crippen LogP contribution in [0.3, 0.4) is 0 Å². The van der Waals surface area contributed by atoms with Crippen molar-refractivity contribution in [2.45, 2.75) is 58.0 Å². The Morgan fingerprint density at radius 2 is 1.81 bits per heavy atom. The third-order valence-corrected chi connectivity index (χ3v) is 5.49. The molecule has 0 spiro atoms. The summed E-state index contributed by atoms with van der Waals surface area (Å²) in [6.07, 6.45) is 4.26. The fourth-order valence-electron chi connectivity index (χ4n) is 3.73. The third kappa shape index (κ3) is 4.74. The second-order valence-corrected chi connectivity index (χ2v) is 7.69. The largest absolute Gasteiger partial charge is 0.338 e. The van der Waals surface area contributed by atoms with Crippen molar-refractivity contribution in [1.82, 2.24) is 20.5 Å². The van der Waals surface area contributed by atoms with Gasteiger partial charge in [0.15, 0.2) is 0 Å². The molecule has 4 N–H and O–H groups in total. The van der Waals surface area contributed by atoms with Crippen molar-refractivity contribution in [1.29, 1.82) is 0 Å². The van der Waals surface area contributed by atoms with Gasteiger partial charge in [-0.1, -0.05) is 32.3 Å². The molecule has 166 valence electrons. The van der Waals surface area contributed by atoms with Gasteiger partial charge in [-0.2, -0.15) is 0 Å². The van der Waals surface area contributed by atoms with Crippen molar-refractivity contribution >= 4 is 29.7 Å². The van der Waals surface area contributed by atoms with Crippen LogP contribution in [0.15, 0.2) is 18.2 Å². The molecule has 1 atom stereocenters. The molecule has 1 aromatic rings. The van der Waals surface area contributed by atoms with Gasteiger partial charge < -0.3 is 10.6 Å². The van der Waals surface area contributed by atoms with E-state index in [4.69, 9.17) is 5.84 Å². The van der Waals surface area contributed by atoms with Crippen LogP contribution in [0.1, 0.15) is 71.7 Å². The van der Waals surface area contributed by atoms with Crippen LogP contribution in [0.2, 0.25) is 0 Å². The number of hydrogen-bond donors (Lipinski definition) is 3. The summed E-state index contributed by atoms with van der Waals surface area (Å²) in [4.78, 5) is 62.3. The van der Waals surface area contributed by atoms with Gasteiger partial charge >= 0.3 is 6.03 Å². The van der Waals surface area contributed by atoms with Crippen molar-refractivity contribution in [2.24, 2.45) is 5.84 Å². The van der Waals surface area contributed by atoms with E-state index in [1.807, 2.05) is 0 Å². The van der Waals surface area contributed by atoms with Crippen LogP contribution in [0.4, 0.5) is 4.79 Å². The monoisotopic (exact) mass is 429 g/mol. The highest BCUT2D eigenvalue weighted by molar-refractivity contribution is 6.23. The number of nitrogens with one attached hydrogen (secondary N) is 2. The molecule has 2 heterocycles. The van der Waals surface area contributed by atoms with Gasteiger partial charge in [-0.15, -0.1) is 0 Å². The number of amides is 6. The Kier molecular flexibility index (Phi) is 7.01. The van der Waals surface area contributed by atoms with E-state index in [0.29, 0.717) is 17.1 Å². The molecule has 3 rings (SSSR count). The number of benzene rings is 1. The van der Waals surface area contributed by atoms with Crippen LogP contribution in [0.25, 0.3) is 0 Å². The molecule has 31 heavy (non-hydrogen) atoms. The number of piperidine rings is 1. The average Bonchev–Trinajstić information content (AvgIpc) is 3.00. The first kappa shape index (κ1) is 22.4. The lowest BCUT2D eigenvalue weighted by Crippen LogP contribution is -2.58. The Bertz CT molecular complexity index is 915. The Hall–Kier alpha value is -3.27. The maximum atomic E-state index is 12.9. The Morgan fingerprint density at radius 1 is 1.06 bits per heavy atom. The zero-order valence-corrected chi connectivity index (χ0v) is 17.5. The van der Waals surface area contributed by atoms with Crippen LogP contribution in [0.5, 0.6) is 0 Å². The Morgan fingerprint density at radius 3 is 2.55 bits per heavy atom. The number of carbonyl (C=O) groups is 5. The normalized spacial score (nSPS) is 18.5. The maximum absolute atomic E-state index is 12.9. The first-order valence-electron chi connectivity index (χ1n) is 10.5. The van der Waals surface area contributed by atoms with Crippen LogP contribution < -0.4 is 16.5 Å². The SMILES string of the molecule is CCCCCCNC(=O)NCc1ccc2c(c1)C(=O)N(C1CCC(=O)N(N)C1=O)C2=O. The summed E-state index contributed by atoms with van der Waals surface area (Å²) in [5, 5.41) is 5.97. The van der Waals surface area contributed by atoms with E-state index in [-0.39, 0.29) is 36.5 Å². The molecule has 6 amide bonds. The van der Waals surface area contributed by atoms with E-state index < -0.39 is 29.7 Å². The number of hydrogen-bond acceptors (Lipinski definition) is 6.